The molecule has 0 aliphatic heterocycles. The average molecular weight is 321 g/mol. The zero-order chi connectivity index (χ0) is 13.1. The Balaban J connectivity index is 2.76. The first-order valence-electron chi connectivity index (χ1n) is 5.34. The highest BCUT2D eigenvalue weighted by Gasteiger charge is 2.11. The van der Waals surface area contributed by atoms with Gasteiger partial charge in [0, 0.05) is 11.0 Å². The highest BCUT2D eigenvalue weighted by atomic mass is 79.9. The predicted octanol–water partition coefficient (Wildman–Crippen LogP) is 2.66. The van der Waals surface area contributed by atoms with Crippen molar-refractivity contribution in [3.63, 3.8) is 0 Å². The van der Waals surface area contributed by atoms with E-state index in [0.717, 1.165) is 10.0 Å². The van der Waals surface area contributed by atoms with E-state index in [-0.39, 0.29) is 5.92 Å². The molecule has 0 unspecified atom stereocenters. The minimum Gasteiger partial charge on any atom is -0.270 e. The van der Waals surface area contributed by atoms with E-state index in [9.17, 15) is 8.42 Å². The van der Waals surface area contributed by atoms with Crippen LogP contribution >= 0.6 is 15.9 Å². The number of hydrogen-bond acceptors (Lipinski definition) is 2. The summed E-state index contributed by atoms with van der Waals surface area (Å²) >= 11 is 3.33. The van der Waals surface area contributed by atoms with Gasteiger partial charge in [0.25, 0.3) is 10.2 Å². The third-order valence-electron chi connectivity index (χ3n) is 2.05. The minimum absolute atomic E-state index is 0.271. The summed E-state index contributed by atoms with van der Waals surface area (Å²) < 4.78 is 29.1. The van der Waals surface area contributed by atoms with Crippen LogP contribution in [0.1, 0.15) is 19.4 Å². The van der Waals surface area contributed by atoms with Gasteiger partial charge in [-0.25, -0.2) is 0 Å². The number of halogens is 1. The molecule has 4 nitrogen and oxygen atoms in total. The van der Waals surface area contributed by atoms with Crippen molar-refractivity contribution in [1.29, 1.82) is 0 Å². The Kier molecular flexibility index (Phi) is 4.97. The first kappa shape index (κ1) is 14.5. The maximum atomic E-state index is 11.7. The zero-order valence-corrected chi connectivity index (χ0v) is 12.5. The molecule has 0 spiro atoms. The van der Waals surface area contributed by atoms with Crippen molar-refractivity contribution >= 4 is 31.8 Å². The van der Waals surface area contributed by atoms with Crippen LogP contribution in [0.5, 0.6) is 0 Å². The van der Waals surface area contributed by atoms with Gasteiger partial charge in [-0.2, -0.15) is 13.1 Å². The molecule has 0 amide bonds. The number of nitrogens with one attached hydrogen (secondary N) is 2. The molecule has 0 aliphatic rings. The monoisotopic (exact) mass is 320 g/mol. The molecule has 0 atom stereocenters. The Bertz CT molecular complexity index is 486. The molecular weight excluding hydrogens is 304 g/mol. The van der Waals surface area contributed by atoms with Crippen LogP contribution in [-0.2, 0) is 10.2 Å². The third-order valence-corrected chi connectivity index (χ3v) is 3.74. The van der Waals surface area contributed by atoms with Crippen LogP contribution < -0.4 is 9.44 Å². The van der Waals surface area contributed by atoms with Crippen molar-refractivity contribution in [2.75, 3.05) is 11.3 Å². The lowest BCUT2D eigenvalue weighted by Crippen LogP contribution is -2.32. The van der Waals surface area contributed by atoms with Crippen LogP contribution in [0.15, 0.2) is 22.7 Å². The second-order valence-electron chi connectivity index (χ2n) is 4.33. The maximum absolute atomic E-state index is 11.7. The molecule has 0 bridgehead atoms. The van der Waals surface area contributed by atoms with Gasteiger partial charge >= 0.3 is 0 Å². The summed E-state index contributed by atoms with van der Waals surface area (Å²) in [6.45, 7) is 6.26. The van der Waals surface area contributed by atoms with E-state index in [0.29, 0.717) is 12.2 Å². The largest absolute Gasteiger partial charge is 0.299 e. The number of hydrogen-bond donors (Lipinski definition) is 2. The van der Waals surface area contributed by atoms with Crippen molar-refractivity contribution in [3.05, 3.63) is 28.2 Å². The number of rotatable bonds is 5. The number of anilines is 1. The molecule has 1 aromatic rings. The van der Waals surface area contributed by atoms with Crippen LogP contribution in [0.3, 0.4) is 0 Å². The summed E-state index contributed by atoms with van der Waals surface area (Å²) in [6.07, 6.45) is 0. The molecule has 6 heteroatoms. The third kappa shape index (κ3) is 5.06. The van der Waals surface area contributed by atoms with Gasteiger partial charge < -0.3 is 0 Å². The van der Waals surface area contributed by atoms with Crippen molar-refractivity contribution in [2.24, 2.45) is 5.92 Å². The van der Waals surface area contributed by atoms with Crippen molar-refractivity contribution in [2.45, 2.75) is 20.8 Å². The van der Waals surface area contributed by atoms with Gasteiger partial charge in [-0.1, -0.05) is 19.9 Å². The maximum Gasteiger partial charge on any atom is 0.299 e. The van der Waals surface area contributed by atoms with E-state index in [1.165, 1.54) is 0 Å². The SMILES string of the molecule is Cc1ccc(NS(=O)(=O)NCC(C)C)c(Br)c1. The van der Waals surface area contributed by atoms with Crippen molar-refractivity contribution in [3.8, 4) is 0 Å². The second kappa shape index (κ2) is 5.84. The smallest absolute Gasteiger partial charge is 0.270 e. The molecule has 96 valence electrons. The van der Waals surface area contributed by atoms with Gasteiger partial charge in [0.05, 0.1) is 5.69 Å². The summed E-state index contributed by atoms with van der Waals surface area (Å²) in [7, 11) is -3.50. The lowest BCUT2D eigenvalue weighted by molar-refractivity contribution is 0.565. The highest BCUT2D eigenvalue weighted by molar-refractivity contribution is 9.10. The lowest BCUT2D eigenvalue weighted by atomic mass is 10.2. The van der Waals surface area contributed by atoms with Crippen LogP contribution in [0.4, 0.5) is 5.69 Å². The van der Waals surface area contributed by atoms with E-state index in [1.54, 1.807) is 6.07 Å². The fraction of sp³-hybridized carbons (Fsp3) is 0.455. The summed E-state index contributed by atoms with van der Waals surface area (Å²) in [5.74, 6) is 0.271. The molecule has 1 aromatic carbocycles. The zero-order valence-electron chi connectivity index (χ0n) is 10.1. The first-order chi connectivity index (χ1) is 7.80. The van der Waals surface area contributed by atoms with Gasteiger partial charge in [0.1, 0.15) is 0 Å². The van der Waals surface area contributed by atoms with Gasteiger partial charge in [0.15, 0.2) is 0 Å². The molecule has 1 rings (SSSR count). The molecule has 0 saturated heterocycles. The molecule has 0 fully saturated rings. The molecule has 17 heavy (non-hydrogen) atoms. The Labute approximate surface area is 111 Å². The van der Waals surface area contributed by atoms with E-state index in [1.807, 2.05) is 32.9 Å². The molecule has 2 N–H and O–H groups in total. The molecular formula is C11H17BrN2O2S. The fourth-order valence-electron chi connectivity index (χ4n) is 1.16. The van der Waals surface area contributed by atoms with Crippen LogP contribution in [0, 0.1) is 12.8 Å². The van der Waals surface area contributed by atoms with Crippen LogP contribution in [0.25, 0.3) is 0 Å². The van der Waals surface area contributed by atoms with Crippen molar-refractivity contribution < 1.29 is 8.42 Å². The first-order valence-corrected chi connectivity index (χ1v) is 7.61. The van der Waals surface area contributed by atoms with Gasteiger partial charge in [0.2, 0.25) is 0 Å². The van der Waals surface area contributed by atoms with Crippen molar-refractivity contribution in [1.82, 2.24) is 4.72 Å². The van der Waals surface area contributed by atoms with Crippen LogP contribution in [-0.4, -0.2) is 15.0 Å². The number of benzene rings is 1. The Morgan fingerprint density at radius 1 is 1.35 bits per heavy atom. The highest BCUT2D eigenvalue weighted by Crippen LogP contribution is 2.23. The van der Waals surface area contributed by atoms with E-state index in [4.69, 9.17) is 0 Å². The average Bonchev–Trinajstić information content (AvgIpc) is 2.20. The summed E-state index contributed by atoms with van der Waals surface area (Å²) in [4.78, 5) is 0. The fourth-order valence-corrected chi connectivity index (χ4v) is 2.98. The second-order valence-corrected chi connectivity index (χ2v) is 6.69. The van der Waals surface area contributed by atoms with Crippen LogP contribution in [0.2, 0.25) is 0 Å². The minimum atomic E-state index is -3.50. The Morgan fingerprint density at radius 2 is 2.00 bits per heavy atom. The van der Waals surface area contributed by atoms with Gasteiger partial charge in [-0.05, 0) is 46.5 Å². The molecule has 0 heterocycles. The standard InChI is InChI=1S/C11H17BrN2O2S/c1-8(2)7-13-17(15,16)14-11-5-4-9(3)6-10(11)12/h4-6,8,13-14H,7H2,1-3H3. The summed E-state index contributed by atoms with van der Waals surface area (Å²) in [5.41, 5.74) is 1.60. The van der Waals surface area contributed by atoms with Gasteiger partial charge in [-0.15, -0.1) is 0 Å². The molecule has 0 saturated carbocycles. The summed E-state index contributed by atoms with van der Waals surface area (Å²) in [5, 5.41) is 0. The normalized spacial score (nSPS) is 11.8. The quantitative estimate of drug-likeness (QED) is 0.876. The summed E-state index contributed by atoms with van der Waals surface area (Å²) in [6, 6.07) is 5.44. The Hall–Kier alpha value is -0.590. The lowest BCUT2D eigenvalue weighted by Gasteiger charge is -2.12. The van der Waals surface area contributed by atoms with Gasteiger partial charge in [-0.3, -0.25) is 4.72 Å². The number of aryl methyl sites for hydroxylation is 1. The van der Waals surface area contributed by atoms with E-state index < -0.39 is 10.2 Å². The topological polar surface area (TPSA) is 58.2 Å². The molecule has 0 aliphatic carbocycles. The molecule has 0 aromatic heterocycles. The molecule has 0 radical (unpaired) electrons. The Morgan fingerprint density at radius 3 is 2.53 bits per heavy atom. The predicted molar refractivity (Wildman–Crippen MR) is 74.3 cm³/mol. The van der Waals surface area contributed by atoms with E-state index >= 15 is 0 Å². The van der Waals surface area contributed by atoms with E-state index in [2.05, 4.69) is 25.4 Å².